The molecular formula is C14H24O. The maximum absolute atomic E-state index is 11.9. The van der Waals surface area contributed by atoms with Crippen molar-refractivity contribution in [2.45, 2.75) is 59.8 Å². The highest BCUT2D eigenvalue weighted by atomic mass is 16.1. The van der Waals surface area contributed by atoms with E-state index >= 15 is 0 Å². The molecule has 0 radical (unpaired) electrons. The van der Waals surface area contributed by atoms with Crippen LogP contribution in [0.25, 0.3) is 0 Å². The molecule has 0 aliphatic heterocycles. The quantitative estimate of drug-likeness (QED) is 0.637. The van der Waals surface area contributed by atoms with Gasteiger partial charge in [0.2, 0.25) is 0 Å². The molecule has 86 valence electrons. The van der Waals surface area contributed by atoms with Crippen LogP contribution in [0.2, 0.25) is 0 Å². The Balaban J connectivity index is 2.90. The van der Waals surface area contributed by atoms with E-state index in [1.165, 1.54) is 12.8 Å². The molecule has 0 N–H and O–H groups in total. The van der Waals surface area contributed by atoms with Crippen LogP contribution in [0.3, 0.4) is 0 Å². The molecule has 0 aromatic heterocycles. The number of Topliss-reactive ketones (excluding diaryl/α,β-unsaturated/α-hetero) is 1. The second-order valence-corrected chi connectivity index (χ2v) is 6.16. The predicted molar refractivity (Wildman–Crippen MR) is 64.8 cm³/mol. The zero-order valence-corrected chi connectivity index (χ0v) is 10.7. The van der Waals surface area contributed by atoms with Crippen molar-refractivity contribution >= 4 is 5.78 Å². The molecule has 1 unspecified atom stereocenters. The fraction of sp³-hybridized carbons (Fsp3) is 0.786. The van der Waals surface area contributed by atoms with Crippen molar-refractivity contribution in [3.63, 3.8) is 0 Å². The lowest BCUT2D eigenvalue weighted by Crippen LogP contribution is -2.38. The summed E-state index contributed by atoms with van der Waals surface area (Å²) in [6.07, 6.45) is 5.39. The van der Waals surface area contributed by atoms with Crippen LogP contribution in [0.5, 0.6) is 0 Å². The lowest BCUT2D eigenvalue weighted by Gasteiger charge is -2.43. The molecule has 1 saturated carbocycles. The summed E-state index contributed by atoms with van der Waals surface area (Å²) in [5, 5.41) is 0. The minimum atomic E-state index is -0.104. The number of carbonyl (C=O) groups excluding carboxylic acids is 1. The van der Waals surface area contributed by atoms with E-state index in [2.05, 4.69) is 20.4 Å². The van der Waals surface area contributed by atoms with Crippen molar-refractivity contribution in [3.8, 4) is 0 Å². The van der Waals surface area contributed by atoms with Crippen molar-refractivity contribution < 1.29 is 4.79 Å². The fourth-order valence-electron chi connectivity index (χ4n) is 3.15. The number of allylic oxidation sites excluding steroid dienone is 1. The summed E-state index contributed by atoms with van der Waals surface area (Å²) in [5.74, 6) is 0.360. The highest BCUT2D eigenvalue weighted by molar-refractivity contribution is 5.82. The molecule has 1 rings (SSSR count). The van der Waals surface area contributed by atoms with Crippen LogP contribution in [0.4, 0.5) is 0 Å². The molecule has 0 heterocycles. The molecular weight excluding hydrogens is 184 g/mol. The van der Waals surface area contributed by atoms with E-state index in [1.54, 1.807) is 6.92 Å². The second kappa shape index (κ2) is 4.11. The third kappa shape index (κ3) is 2.93. The van der Waals surface area contributed by atoms with Gasteiger partial charge >= 0.3 is 0 Å². The summed E-state index contributed by atoms with van der Waals surface area (Å²) in [6.45, 7) is 12.3. The summed E-state index contributed by atoms with van der Waals surface area (Å²) in [7, 11) is 0. The molecule has 0 saturated heterocycles. The molecule has 1 nitrogen and oxygen atoms in total. The molecule has 0 spiro atoms. The van der Waals surface area contributed by atoms with Gasteiger partial charge < -0.3 is 0 Å². The van der Waals surface area contributed by atoms with Gasteiger partial charge in [-0.05, 0) is 44.9 Å². The molecule has 1 atom stereocenters. The van der Waals surface area contributed by atoms with Crippen LogP contribution in [-0.4, -0.2) is 5.78 Å². The Bertz CT molecular complexity index is 275. The van der Waals surface area contributed by atoms with E-state index < -0.39 is 0 Å². The summed E-state index contributed by atoms with van der Waals surface area (Å²) < 4.78 is 0. The zero-order valence-electron chi connectivity index (χ0n) is 10.7. The summed E-state index contributed by atoms with van der Waals surface area (Å²) in [6, 6.07) is 0. The SMILES string of the molecule is C=C(C)CC1(C(C)=O)CCCC(C)(C)C1. The smallest absolute Gasteiger partial charge is 0.136 e. The molecule has 1 aliphatic rings. The van der Waals surface area contributed by atoms with Crippen LogP contribution in [-0.2, 0) is 4.79 Å². The number of rotatable bonds is 3. The molecule has 0 aromatic carbocycles. The molecule has 0 aromatic rings. The minimum Gasteiger partial charge on any atom is -0.299 e. The first-order valence-electron chi connectivity index (χ1n) is 5.93. The first kappa shape index (κ1) is 12.5. The molecule has 1 aliphatic carbocycles. The highest BCUT2D eigenvalue weighted by Gasteiger charge is 2.42. The predicted octanol–water partition coefficient (Wildman–Crippen LogP) is 4.13. The third-order valence-corrected chi connectivity index (χ3v) is 3.71. The number of carbonyl (C=O) groups is 1. The monoisotopic (exact) mass is 208 g/mol. The molecule has 0 bridgehead atoms. The lowest BCUT2D eigenvalue weighted by molar-refractivity contribution is -0.130. The molecule has 1 heteroatoms. The highest BCUT2D eigenvalue weighted by Crippen LogP contribution is 2.49. The molecule has 1 fully saturated rings. The summed E-state index contributed by atoms with van der Waals surface area (Å²) in [5.41, 5.74) is 1.36. The largest absolute Gasteiger partial charge is 0.299 e. The zero-order chi connectivity index (χ0) is 11.7. The second-order valence-electron chi connectivity index (χ2n) is 6.16. The summed E-state index contributed by atoms with van der Waals surface area (Å²) >= 11 is 0. The molecule has 15 heavy (non-hydrogen) atoms. The van der Waals surface area contributed by atoms with Crippen LogP contribution in [0.1, 0.15) is 59.8 Å². The fourth-order valence-corrected chi connectivity index (χ4v) is 3.15. The first-order chi connectivity index (χ1) is 6.77. The third-order valence-electron chi connectivity index (χ3n) is 3.71. The normalized spacial score (nSPS) is 29.9. The van der Waals surface area contributed by atoms with E-state index in [9.17, 15) is 4.79 Å². The van der Waals surface area contributed by atoms with E-state index in [0.29, 0.717) is 11.2 Å². The van der Waals surface area contributed by atoms with Crippen molar-refractivity contribution in [1.82, 2.24) is 0 Å². The van der Waals surface area contributed by atoms with Gasteiger partial charge in [-0.3, -0.25) is 4.79 Å². The van der Waals surface area contributed by atoms with E-state index in [-0.39, 0.29) is 5.41 Å². The standard InChI is InChI=1S/C14H24O/c1-11(2)9-14(12(3)15)8-6-7-13(4,5)10-14/h1,6-10H2,2-5H3. The van der Waals surface area contributed by atoms with Gasteiger partial charge in [-0.25, -0.2) is 0 Å². The van der Waals surface area contributed by atoms with Crippen LogP contribution < -0.4 is 0 Å². The Hall–Kier alpha value is -0.590. The Morgan fingerprint density at radius 1 is 1.27 bits per heavy atom. The van der Waals surface area contributed by atoms with Gasteiger partial charge in [0.05, 0.1) is 0 Å². The van der Waals surface area contributed by atoms with Gasteiger partial charge in [0.15, 0.2) is 0 Å². The number of hydrogen-bond donors (Lipinski definition) is 0. The maximum atomic E-state index is 11.9. The van der Waals surface area contributed by atoms with Gasteiger partial charge in [-0.15, -0.1) is 6.58 Å². The van der Waals surface area contributed by atoms with Crippen LogP contribution in [0.15, 0.2) is 12.2 Å². The van der Waals surface area contributed by atoms with E-state index in [4.69, 9.17) is 0 Å². The van der Waals surface area contributed by atoms with Crippen molar-refractivity contribution in [2.75, 3.05) is 0 Å². The van der Waals surface area contributed by atoms with Crippen LogP contribution in [0, 0.1) is 10.8 Å². The minimum absolute atomic E-state index is 0.104. The topological polar surface area (TPSA) is 17.1 Å². The van der Waals surface area contributed by atoms with Gasteiger partial charge in [-0.2, -0.15) is 0 Å². The Morgan fingerprint density at radius 3 is 2.27 bits per heavy atom. The van der Waals surface area contributed by atoms with Crippen molar-refractivity contribution in [2.24, 2.45) is 10.8 Å². The van der Waals surface area contributed by atoms with Crippen molar-refractivity contribution in [1.29, 1.82) is 0 Å². The van der Waals surface area contributed by atoms with Gasteiger partial charge in [-0.1, -0.05) is 25.8 Å². The average Bonchev–Trinajstić information content (AvgIpc) is 1.99. The molecule has 0 amide bonds. The Morgan fingerprint density at radius 2 is 1.87 bits per heavy atom. The Labute approximate surface area is 93.9 Å². The average molecular weight is 208 g/mol. The van der Waals surface area contributed by atoms with Gasteiger partial charge in [0.25, 0.3) is 0 Å². The van der Waals surface area contributed by atoms with Crippen molar-refractivity contribution in [3.05, 3.63) is 12.2 Å². The first-order valence-corrected chi connectivity index (χ1v) is 5.93. The number of ketones is 1. The van der Waals surface area contributed by atoms with E-state index in [1.807, 2.05) is 6.92 Å². The lowest BCUT2D eigenvalue weighted by atomic mass is 9.60. The van der Waals surface area contributed by atoms with Gasteiger partial charge in [0, 0.05) is 5.41 Å². The maximum Gasteiger partial charge on any atom is 0.136 e. The van der Waals surface area contributed by atoms with E-state index in [0.717, 1.165) is 24.8 Å². The summed E-state index contributed by atoms with van der Waals surface area (Å²) in [4.78, 5) is 11.9. The van der Waals surface area contributed by atoms with Crippen LogP contribution >= 0.6 is 0 Å². The number of hydrogen-bond acceptors (Lipinski definition) is 1. The van der Waals surface area contributed by atoms with Gasteiger partial charge in [0.1, 0.15) is 5.78 Å². The Kier molecular flexibility index (Phi) is 3.42.